The fourth-order valence-electron chi connectivity index (χ4n) is 2.47. The minimum absolute atomic E-state index is 0.307. The van der Waals surface area contributed by atoms with Crippen LogP contribution < -0.4 is 15.2 Å². The molecule has 0 fully saturated rings. The summed E-state index contributed by atoms with van der Waals surface area (Å²) in [6.07, 6.45) is 5.14. The third-order valence-electron chi connectivity index (χ3n) is 3.51. The molecule has 0 saturated carbocycles. The quantitative estimate of drug-likeness (QED) is 0.934. The highest BCUT2D eigenvalue weighted by molar-refractivity contribution is 7.12. The van der Waals surface area contributed by atoms with Crippen molar-refractivity contribution >= 4 is 11.3 Å². The standard InChI is InChI=1S/C14H17N3O2S/c1-18-11-7-16-13(14(17-11)19-2)12(15)10-6-8-4-3-5-9(8)20-10/h6-7,12H,3-5,15H2,1-2H3. The zero-order chi connectivity index (χ0) is 14.1. The Morgan fingerprint density at radius 2 is 2.15 bits per heavy atom. The van der Waals surface area contributed by atoms with Gasteiger partial charge in [-0.15, -0.1) is 11.3 Å². The van der Waals surface area contributed by atoms with E-state index in [1.165, 1.54) is 16.9 Å². The minimum Gasteiger partial charge on any atom is -0.480 e. The van der Waals surface area contributed by atoms with Gasteiger partial charge >= 0.3 is 0 Å². The molecule has 1 aliphatic rings. The number of aryl methyl sites for hydroxylation is 2. The first-order valence-corrected chi connectivity index (χ1v) is 7.36. The van der Waals surface area contributed by atoms with Crippen molar-refractivity contribution in [3.63, 3.8) is 0 Å². The number of thiophene rings is 1. The molecule has 2 heterocycles. The van der Waals surface area contributed by atoms with Crippen molar-refractivity contribution < 1.29 is 9.47 Å². The molecule has 0 amide bonds. The summed E-state index contributed by atoms with van der Waals surface area (Å²) in [6.45, 7) is 0. The van der Waals surface area contributed by atoms with Crippen molar-refractivity contribution in [1.82, 2.24) is 9.97 Å². The Bertz CT molecular complexity index is 605. The number of hydrogen-bond acceptors (Lipinski definition) is 6. The van der Waals surface area contributed by atoms with Crippen molar-refractivity contribution in [2.75, 3.05) is 14.2 Å². The van der Waals surface area contributed by atoms with Crippen molar-refractivity contribution in [3.05, 3.63) is 33.3 Å². The predicted octanol–water partition coefficient (Wildman–Crippen LogP) is 2.09. The molecule has 0 saturated heterocycles. The van der Waals surface area contributed by atoms with Crippen LogP contribution >= 0.6 is 11.3 Å². The largest absolute Gasteiger partial charge is 0.480 e. The van der Waals surface area contributed by atoms with E-state index in [9.17, 15) is 0 Å². The Hall–Kier alpha value is -1.66. The van der Waals surface area contributed by atoms with Crippen LogP contribution in [0.4, 0.5) is 0 Å². The Labute approximate surface area is 121 Å². The van der Waals surface area contributed by atoms with Crippen molar-refractivity contribution in [1.29, 1.82) is 0 Å². The second-order valence-corrected chi connectivity index (χ2v) is 5.90. The molecule has 0 radical (unpaired) electrons. The molecule has 106 valence electrons. The first-order chi connectivity index (χ1) is 9.72. The van der Waals surface area contributed by atoms with E-state index in [2.05, 4.69) is 16.0 Å². The molecule has 6 heteroatoms. The van der Waals surface area contributed by atoms with Gasteiger partial charge in [-0.3, -0.25) is 0 Å². The van der Waals surface area contributed by atoms with Crippen molar-refractivity contribution in [2.45, 2.75) is 25.3 Å². The number of hydrogen-bond donors (Lipinski definition) is 1. The van der Waals surface area contributed by atoms with E-state index in [4.69, 9.17) is 15.2 Å². The number of nitrogens with two attached hydrogens (primary N) is 1. The number of rotatable bonds is 4. The number of nitrogens with zero attached hydrogens (tertiary/aromatic N) is 2. The lowest BCUT2D eigenvalue weighted by atomic mass is 10.1. The second kappa shape index (κ2) is 5.38. The van der Waals surface area contributed by atoms with E-state index in [-0.39, 0.29) is 6.04 Å². The van der Waals surface area contributed by atoms with Crippen LogP contribution in [-0.4, -0.2) is 24.2 Å². The molecular formula is C14H17N3O2S. The van der Waals surface area contributed by atoms with Gasteiger partial charge in [-0.1, -0.05) is 0 Å². The normalized spacial score (nSPS) is 14.9. The van der Waals surface area contributed by atoms with Gasteiger partial charge in [0.15, 0.2) is 0 Å². The van der Waals surface area contributed by atoms with Gasteiger partial charge in [-0.05, 0) is 30.9 Å². The molecule has 1 unspecified atom stereocenters. The minimum atomic E-state index is -0.307. The van der Waals surface area contributed by atoms with Crippen LogP contribution in [-0.2, 0) is 12.8 Å². The van der Waals surface area contributed by atoms with E-state index in [1.807, 2.05) is 0 Å². The third-order valence-corrected chi connectivity index (χ3v) is 4.83. The fraction of sp³-hybridized carbons (Fsp3) is 0.429. The number of methoxy groups -OCH3 is 2. The Morgan fingerprint density at radius 3 is 2.85 bits per heavy atom. The van der Waals surface area contributed by atoms with E-state index >= 15 is 0 Å². The topological polar surface area (TPSA) is 70.3 Å². The summed E-state index contributed by atoms with van der Waals surface area (Å²) in [5, 5.41) is 0. The van der Waals surface area contributed by atoms with E-state index < -0.39 is 0 Å². The average Bonchev–Trinajstić information content (AvgIpc) is 3.07. The highest BCUT2D eigenvalue weighted by Crippen LogP contribution is 2.36. The smallest absolute Gasteiger partial charge is 0.240 e. The van der Waals surface area contributed by atoms with Gasteiger partial charge in [-0.25, -0.2) is 4.98 Å². The number of fused-ring (bicyclic) bond motifs is 1. The molecule has 3 rings (SSSR count). The Balaban J connectivity index is 1.94. The maximum absolute atomic E-state index is 6.33. The van der Waals surface area contributed by atoms with Gasteiger partial charge in [0, 0.05) is 9.75 Å². The van der Waals surface area contributed by atoms with Gasteiger partial charge < -0.3 is 15.2 Å². The first kappa shape index (κ1) is 13.3. The second-order valence-electron chi connectivity index (χ2n) is 4.74. The maximum atomic E-state index is 6.33. The van der Waals surface area contributed by atoms with Crippen molar-refractivity contribution in [3.8, 4) is 11.8 Å². The van der Waals surface area contributed by atoms with E-state index in [0.29, 0.717) is 17.5 Å². The highest BCUT2D eigenvalue weighted by atomic mass is 32.1. The third kappa shape index (κ3) is 2.25. The lowest BCUT2D eigenvalue weighted by Gasteiger charge is -2.13. The first-order valence-electron chi connectivity index (χ1n) is 6.55. The highest BCUT2D eigenvalue weighted by Gasteiger charge is 2.23. The van der Waals surface area contributed by atoms with Gasteiger partial charge in [0.05, 0.1) is 26.5 Å². The summed E-state index contributed by atoms with van der Waals surface area (Å²) in [6, 6.07) is 1.89. The molecule has 2 aromatic heterocycles. The van der Waals surface area contributed by atoms with Crippen LogP contribution in [0.2, 0.25) is 0 Å². The van der Waals surface area contributed by atoms with Crippen LogP contribution in [0.25, 0.3) is 0 Å². The molecule has 0 bridgehead atoms. The Morgan fingerprint density at radius 1 is 1.30 bits per heavy atom. The number of aromatic nitrogens is 2. The van der Waals surface area contributed by atoms with Crippen LogP contribution in [0.5, 0.6) is 11.8 Å². The molecule has 0 aromatic carbocycles. The SMILES string of the molecule is COc1cnc(C(N)c2cc3c(s2)CCC3)c(OC)n1. The van der Waals surface area contributed by atoms with Gasteiger partial charge in [0.1, 0.15) is 5.69 Å². The molecule has 20 heavy (non-hydrogen) atoms. The molecule has 2 N–H and O–H groups in total. The zero-order valence-corrected chi connectivity index (χ0v) is 12.4. The summed E-state index contributed by atoms with van der Waals surface area (Å²) < 4.78 is 10.3. The molecule has 1 aliphatic carbocycles. The summed E-state index contributed by atoms with van der Waals surface area (Å²) in [5.41, 5.74) is 8.41. The van der Waals surface area contributed by atoms with E-state index in [1.54, 1.807) is 31.8 Å². The van der Waals surface area contributed by atoms with Crippen LogP contribution in [0.3, 0.4) is 0 Å². The molecule has 0 aliphatic heterocycles. The molecular weight excluding hydrogens is 274 g/mol. The van der Waals surface area contributed by atoms with Gasteiger partial charge in [-0.2, -0.15) is 4.98 Å². The van der Waals surface area contributed by atoms with Crippen molar-refractivity contribution in [2.24, 2.45) is 5.73 Å². The summed E-state index contributed by atoms with van der Waals surface area (Å²) in [5.74, 6) is 0.844. The van der Waals surface area contributed by atoms with Crippen LogP contribution in [0.1, 0.15) is 33.5 Å². The average molecular weight is 291 g/mol. The monoisotopic (exact) mass is 291 g/mol. The fourth-order valence-corrected chi connectivity index (χ4v) is 3.73. The predicted molar refractivity (Wildman–Crippen MR) is 77.5 cm³/mol. The molecule has 2 aromatic rings. The maximum Gasteiger partial charge on any atom is 0.240 e. The van der Waals surface area contributed by atoms with Crippen LogP contribution in [0, 0.1) is 0 Å². The van der Waals surface area contributed by atoms with E-state index in [0.717, 1.165) is 17.7 Å². The number of ether oxygens (including phenoxy) is 2. The summed E-state index contributed by atoms with van der Waals surface area (Å²) >= 11 is 1.77. The van der Waals surface area contributed by atoms with Gasteiger partial charge in [0.25, 0.3) is 0 Å². The molecule has 1 atom stereocenters. The lowest BCUT2D eigenvalue weighted by Crippen LogP contribution is -2.14. The summed E-state index contributed by atoms with van der Waals surface area (Å²) in [7, 11) is 3.11. The summed E-state index contributed by atoms with van der Waals surface area (Å²) in [4.78, 5) is 11.2. The molecule has 5 nitrogen and oxygen atoms in total. The lowest BCUT2D eigenvalue weighted by molar-refractivity contribution is 0.355. The van der Waals surface area contributed by atoms with Crippen LogP contribution in [0.15, 0.2) is 12.3 Å². The zero-order valence-electron chi connectivity index (χ0n) is 11.5. The molecule has 0 spiro atoms. The van der Waals surface area contributed by atoms with Gasteiger partial charge in [0.2, 0.25) is 11.8 Å². The Kier molecular flexibility index (Phi) is 3.58.